The lowest BCUT2D eigenvalue weighted by Crippen LogP contribution is -2.45. The Labute approximate surface area is 202 Å². The van der Waals surface area contributed by atoms with Gasteiger partial charge in [0.25, 0.3) is 5.91 Å². The second kappa shape index (κ2) is 10.5. The molecule has 0 saturated carbocycles. The predicted molar refractivity (Wildman–Crippen MR) is 129 cm³/mol. The molecule has 0 bridgehead atoms. The summed E-state index contributed by atoms with van der Waals surface area (Å²) in [6.45, 7) is 0. The van der Waals surface area contributed by atoms with Crippen LogP contribution in [0.1, 0.15) is 15.9 Å². The summed E-state index contributed by atoms with van der Waals surface area (Å²) < 4.78 is 15.0. The van der Waals surface area contributed by atoms with E-state index in [9.17, 15) is 14.0 Å². The van der Waals surface area contributed by atoms with Crippen LogP contribution in [-0.4, -0.2) is 28.1 Å². The van der Waals surface area contributed by atoms with E-state index in [0.29, 0.717) is 10.1 Å². The second-order valence-electron chi connectivity index (χ2n) is 7.10. The van der Waals surface area contributed by atoms with Gasteiger partial charge in [-0.2, -0.15) is 0 Å². The first-order valence-corrected chi connectivity index (χ1v) is 11.6. The molecule has 0 spiro atoms. The third kappa shape index (κ3) is 5.88. The van der Waals surface area contributed by atoms with Gasteiger partial charge >= 0.3 is 0 Å². The van der Waals surface area contributed by atoms with Crippen LogP contribution >= 0.6 is 27.3 Å². The van der Waals surface area contributed by atoms with Crippen LogP contribution in [0.3, 0.4) is 0 Å². The molecule has 0 saturated heterocycles. The molecule has 1 atom stereocenters. The first-order chi connectivity index (χ1) is 16.0. The standard InChI is InChI=1S/C24H18BrFN4O2S/c25-17-12-10-16(11-13-17)23-29-30-24(33-23)28-22(32)20(14-15-6-2-1-3-7-15)27-21(31)18-8-4-5-9-19(18)26/h1-13,20H,14H2,(H,27,31)(H,28,30,32). The number of amides is 2. The Morgan fingerprint density at radius 1 is 0.939 bits per heavy atom. The number of nitrogens with zero attached hydrogens (tertiary/aromatic N) is 2. The Hall–Kier alpha value is -3.43. The van der Waals surface area contributed by atoms with Crippen molar-refractivity contribution in [2.45, 2.75) is 12.5 Å². The summed E-state index contributed by atoms with van der Waals surface area (Å²) in [4.78, 5) is 25.8. The maximum Gasteiger partial charge on any atom is 0.254 e. The topological polar surface area (TPSA) is 84.0 Å². The van der Waals surface area contributed by atoms with Gasteiger partial charge < -0.3 is 5.32 Å². The van der Waals surface area contributed by atoms with Gasteiger partial charge in [-0.05, 0) is 29.8 Å². The van der Waals surface area contributed by atoms with Crippen molar-refractivity contribution in [3.8, 4) is 10.6 Å². The minimum atomic E-state index is -0.945. The van der Waals surface area contributed by atoms with E-state index < -0.39 is 23.7 Å². The van der Waals surface area contributed by atoms with Crippen LogP contribution < -0.4 is 10.6 Å². The van der Waals surface area contributed by atoms with E-state index in [1.54, 1.807) is 6.07 Å². The fraction of sp³-hybridized carbons (Fsp3) is 0.0833. The van der Waals surface area contributed by atoms with Crippen molar-refractivity contribution >= 4 is 44.2 Å². The minimum absolute atomic E-state index is 0.128. The number of carbonyl (C=O) groups is 2. The molecule has 0 aliphatic carbocycles. The monoisotopic (exact) mass is 524 g/mol. The van der Waals surface area contributed by atoms with Crippen molar-refractivity contribution in [3.05, 3.63) is 100 Å². The lowest BCUT2D eigenvalue weighted by molar-refractivity contribution is -0.118. The van der Waals surface area contributed by atoms with Crippen molar-refractivity contribution in [2.24, 2.45) is 0 Å². The summed E-state index contributed by atoms with van der Waals surface area (Å²) in [5.41, 5.74) is 1.58. The molecule has 2 N–H and O–H groups in total. The number of hydrogen-bond donors (Lipinski definition) is 2. The van der Waals surface area contributed by atoms with Crippen LogP contribution in [-0.2, 0) is 11.2 Å². The molecule has 9 heteroatoms. The smallest absolute Gasteiger partial charge is 0.254 e. The molecule has 33 heavy (non-hydrogen) atoms. The van der Waals surface area contributed by atoms with Gasteiger partial charge in [-0.15, -0.1) is 10.2 Å². The summed E-state index contributed by atoms with van der Waals surface area (Å²) >= 11 is 4.61. The van der Waals surface area contributed by atoms with Gasteiger partial charge in [-0.3, -0.25) is 14.9 Å². The molecule has 166 valence electrons. The van der Waals surface area contributed by atoms with Crippen LogP contribution in [0.4, 0.5) is 9.52 Å². The largest absolute Gasteiger partial charge is 0.340 e. The fourth-order valence-electron chi connectivity index (χ4n) is 3.12. The fourth-order valence-corrected chi connectivity index (χ4v) is 4.13. The normalized spacial score (nSPS) is 11.6. The zero-order valence-corrected chi connectivity index (χ0v) is 19.6. The van der Waals surface area contributed by atoms with Gasteiger partial charge in [0.05, 0.1) is 5.56 Å². The van der Waals surface area contributed by atoms with Gasteiger partial charge in [0, 0.05) is 16.5 Å². The van der Waals surface area contributed by atoms with Gasteiger partial charge in [0.2, 0.25) is 11.0 Å². The maximum atomic E-state index is 14.1. The number of halogens is 2. The highest BCUT2D eigenvalue weighted by Gasteiger charge is 2.24. The van der Waals surface area contributed by atoms with E-state index in [4.69, 9.17) is 0 Å². The van der Waals surface area contributed by atoms with E-state index in [1.165, 1.54) is 29.5 Å². The summed E-state index contributed by atoms with van der Waals surface area (Å²) in [6.07, 6.45) is 0.227. The lowest BCUT2D eigenvalue weighted by atomic mass is 10.0. The molecule has 0 aliphatic rings. The molecular weight excluding hydrogens is 507 g/mol. The molecule has 1 aromatic heterocycles. The maximum absolute atomic E-state index is 14.1. The van der Waals surface area contributed by atoms with Crippen molar-refractivity contribution in [2.75, 3.05) is 5.32 Å². The molecule has 0 fully saturated rings. The predicted octanol–water partition coefficient (Wildman–Crippen LogP) is 5.09. The average Bonchev–Trinajstić information content (AvgIpc) is 3.28. The number of anilines is 1. The van der Waals surface area contributed by atoms with E-state index in [2.05, 4.69) is 36.8 Å². The van der Waals surface area contributed by atoms with Gasteiger partial charge in [0.15, 0.2) is 0 Å². The third-order valence-electron chi connectivity index (χ3n) is 4.77. The number of rotatable bonds is 7. The number of aromatic nitrogens is 2. The zero-order valence-electron chi connectivity index (χ0n) is 17.2. The first-order valence-electron chi connectivity index (χ1n) is 9.99. The lowest BCUT2D eigenvalue weighted by Gasteiger charge is -2.18. The van der Waals surface area contributed by atoms with Crippen molar-refractivity contribution in [1.82, 2.24) is 15.5 Å². The highest BCUT2D eigenvalue weighted by atomic mass is 79.9. The van der Waals surface area contributed by atoms with E-state index in [0.717, 1.165) is 15.6 Å². The zero-order chi connectivity index (χ0) is 23.2. The van der Waals surface area contributed by atoms with Gasteiger partial charge in [-0.25, -0.2) is 4.39 Å². The van der Waals surface area contributed by atoms with Crippen LogP contribution in [0.15, 0.2) is 83.3 Å². The Bertz CT molecular complexity index is 1260. The molecular formula is C24H18BrFN4O2S. The van der Waals surface area contributed by atoms with Crippen molar-refractivity contribution in [3.63, 3.8) is 0 Å². The number of carbonyl (C=O) groups excluding carboxylic acids is 2. The molecule has 0 radical (unpaired) electrons. The van der Waals surface area contributed by atoms with Crippen molar-refractivity contribution in [1.29, 1.82) is 0 Å². The molecule has 4 aromatic rings. The van der Waals surface area contributed by atoms with E-state index >= 15 is 0 Å². The highest BCUT2D eigenvalue weighted by Crippen LogP contribution is 2.27. The van der Waals surface area contributed by atoms with Crippen molar-refractivity contribution < 1.29 is 14.0 Å². The summed E-state index contributed by atoms with van der Waals surface area (Å²) in [6, 6.07) is 21.5. The highest BCUT2D eigenvalue weighted by molar-refractivity contribution is 9.10. The molecule has 1 unspecified atom stereocenters. The van der Waals surface area contributed by atoms with Crippen LogP contribution in [0, 0.1) is 5.82 Å². The number of hydrogen-bond acceptors (Lipinski definition) is 5. The van der Waals surface area contributed by atoms with Crippen LogP contribution in [0.5, 0.6) is 0 Å². The molecule has 0 aliphatic heterocycles. The first kappa shape index (κ1) is 22.8. The second-order valence-corrected chi connectivity index (χ2v) is 9.00. The number of nitrogens with one attached hydrogen (secondary N) is 2. The molecule has 3 aromatic carbocycles. The van der Waals surface area contributed by atoms with Crippen LogP contribution in [0.2, 0.25) is 0 Å². The Kier molecular flexibility index (Phi) is 7.21. The Morgan fingerprint density at radius 2 is 1.64 bits per heavy atom. The Morgan fingerprint density at radius 3 is 2.36 bits per heavy atom. The van der Waals surface area contributed by atoms with E-state index in [1.807, 2.05) is 54.6 Å². The molecule has 2 amide bonds. The SMILES string of the molecule is O=C(NC(Cc1ccccc1)C(=O)Nc1nnc(-c2ccc(Br)cc2)s1)c1ccccc1F. The average molecular weight is 525 g/mol. The van der Waals surface area contributed by atoms with Gasteiger partial charge in [0.1, 0.15) is 16.9 Å². The third-order valence-corrected chi connectivity index (χ3v) is 6.19. The Balaban J connectivity index is 1.52. The summed E-state index contributed by atoms with van der Waals surface area (Å²) in [7, 11) is 0. The summed E-state index contributed by atoms with van der Waals surface area (Å²) in [5.74, 6) is -1.80. The molecule has 4 rings (SSSR count). The minimum Gasteiger partial charge on any atom is -0.340 e. The molecule has 1 heterocycles. The molecule has 6 nitrogen and oxygen atoms in total. The van der Waals surface area contributed by atoms with Crippen LogP contribution in [0.25, 0.3) is 10.6 Å². The summed E-state index contributed by atoms with van der Waals surface area (Å²) in [5, 5.41) is 14.5. The van der Waals surface area contributed by atoms with E-state index in [-0.39, 0.29) is 12.0 Å². The quantitative estimate of drug-likeness (QED) is 0.352. The van der Waals surface area contributed by atoms with Gasteiger partial charge in [-0.1, -0.05) is 81.9 Å². The number of benzene rings is 3.